The van der Waals surface area contributed by atoms with E-state index in [9.17, 15) is 19.5 Å². The zero-order valence-corrected chi connectivity index (χ0v) is 21.6. The summed E-state index contributed by atoms with van der Waals surface area (Å²) in [6.07, 6.45) is 0.0155. The van der Waals surface area contributed by atoms with Crippen molar-refractivity contribution in [3.05, 3.63) is 99.2 Å². The third kappa shape index (κ3) is 6.09. The molecule has 0 saturated heterocycles. The Bertz CT molecular complexity index is 1510. The number of nitrogens with zero attached hydrogens (tertiary/aromatic N) is 2. The molecule has 9 nitrogen and oxygen atoms in total. The minimum absolute atomic E-state index is 0.0155. The van der Waals surface area contributed by atoms with Crippen LogP contribution in [0, 0.1) is 5.92 Å². The van der Waals surface area contributed by atoms with Crippen LogP contribution in [-0.2, 0) is 32.1 Å². The first-order valence-electron chi connectivity index (χ1n) is 11.7. The van der Waals surface area contributed by atoms with Gasteiger partial charge >= 0.3 is 16.8 Å². The van der Waals surface area contributed by atoms with Crippen LogP contribution < -0.4 is 9.61 Å². The van der Waals surface area contributed by atoms with Gasteiger partial charge in [-0.15, -0.1) is 0 Å². The van der Waals surface area contributed by atoms with Gasteiger partial charge < -0.3 is 19.4 Å². The molecule has 38 heavy (non-hydrogen) atoms. The van der Waals surface area contributed by atoms with Crippen LogP contribution in [0.2, 0.25) is 0 Å². The van der Waals surface area contributed by atoms with E-state index in [1.54, 1.807) is 28.8 Å². The van der Waals surface area contributed by atoms with Gasteiger partial charge in [0, 0.05) is 11.1 Å². The number of hydrogen-bond acceptors (Lipinski definition) is 8. The number of ether oxygens (including phenoxy) is 2. The molecule has 0 bridgehead atoms. The Balaban J connectivity index is 1.44. The van der Waals surface area contributed by atoms with E-state index in [1.165, 1.54) is 7.11 Å². The Hall–Kier alpha value is -4.44. The summed E-state index contributed by atoms with van der Waals surface area (Å²) in [7, 11) is 2.66. The molecule has 0 aliphatic heterocycles. The first kappa shape index (κ1) is 26.6. The van der Waals surface area contributed by atoms with Crippen molar-refractivity contribution in [1.82, 2.24) is 4.57 Å². The minimum atomic E-state index is -1.27. The maximum Gasteiger partial charge on any atom is 0.320 e. The van der Waals surface area contributed by atoms with E-state index in [0.717, 1.165) is 39.8 Å². The zero-order valence-electron chi connectivity index (χ0n) is 20.8. The van der Waals surface area contributed by atoms with Gasteiger partial charge in [-0.05, 0) is 36.2 Å². The van der Waals surface area contributed by atoms with Crippen LogP contribution in [0.15, 0.2) is 82.7 Å². The second kappa shape index (κ2) is 12.2. The zero-order chi connectivity index (χ0) is 27.1. The number of aromatic nitrogens is 1. The van der Waals surface area contributed by atoms with Gasteiger partial charge in [-0.1, -0.05) is 65.0 Å². The molecule has 0 spiro atoms. The number of fused-ring (bicyclic) bond motifs is 1. The number of carbonyl (C=O) groups excluding carboxylic acids is 1. The number of rotatable bonds is 11. The number of carboxylic acid groups (broad SMARTS) is 1. The van der Waals surface area contributed by atoms with Crippen LogP contribution >= 0.6 is 11.3 Å². The molecule has 1 atom stereocenters. The van der Waals surface area contributed by atoms with Crippen molar-refractivity contribution in [2.45, 2.75) is 13.0 Å². The summed E-state index contributed by atoms with van der Waals surface area (Å²) in [4.78, 5) is 40.7. The van der Waals surface area contributed by atoms with Gasteiger partial charge in [0.2, 0.25) is 0 Å². The van der Waals surface area contributed by atoms with Crippen molar-refractivity contribution in [3.8, 4) is 5.75 Å². The lowest BCUT2D eigenvalue weighted by molar-refractivity contribution is -0.156. The first-order valence-corrected chi connectivity index (χ1v) is 12.6. The van der Waals surface area contributed by atoms with Crippen LogP contribution in [0.4, 0.5) is 0 Å². The number of aliphatic carboxylic acids is 1. The predicted octanol–water partition coefficient (Wildman–Crippen LogP) is 3.96. The highest BCUT2D eigenvalue weighted by Gasteiger charge is 2.27. The number of carbonyl (C=O) groups is 2. The molecule has 1 aromatic heterocycles. The molecule has 4 rings (SSSR count). The third-order valence-electron chi connectivity index (χ3n) is 5.90. The summed E-state index contributed by atoms with van der Waals surface area (Å²) in [5, 5.41) is 13.4. The summed E-state index contributed by atoms with van der Waals surface area (Å²) < 4.78 is 12.9. The summed E-state index contributed by atoms with van der Waals surface area (Å²) in [5.74, 6) is -2.73. The highest BCUT2D eigenvalue weighted by atomic mass is 32.1. The van der Waals surface area contributed by atoms with Crippen LogP contribution in [0.3, 0.4) is 0 Å². The summed E-state index contributed by atoms with van der Waals surface area (Å²) in [6.45, 7) is 0.605. The topological polar surface area (TPSA) is 116 Å². The molecule has 1 heterocycles. The van der Waals surface area contributed by atoms with Crippen molar-refractivity contribution in [2.75, 3.05) is 20.8 Å². The van der Waals surface area contributed by atoms with Crippen molar-refractivity contribution in [2.24, 2.45) is 11.1 Å². The van der Waals surface area contributed by atoms with Gasteiger partial charge in [0.15, 0.2) is 5.92 Å². The van der Waals surface area contributed by atoms with Crippen molar-refractivity contribution >= 4 is 39.2 Å². The number of benzene rings is 3. The Morgan fingerprint density at radius 3 is 2.39 bits per heavy atom. The van der Waals surface area contributed by atoms with Crippen LogP contribution in [0.25, 0.3) is 10.2 Å². The smallest absolute Gasteiger partial charge is 0.320 e. The molecule has 0 fully saturated rings. The SMILES string of the molecule is CON=C(c1ccccc1)c1ccc2c(c1)sc(=O)n2CCOc1ccc(CC(C(=O)O)C(=O)OC)cc1. The van der Waals surface area contributed by atoms with E-state index < -0.39 is 17.9 Å². The molecule has 0 radical (unpaired) electrons. The standard InChI is InChI=1S/C28H26N2O7S/c1-35-27(33)22(26(31)32)16-18-8-11-21(12-9-18)37-15-14-30-23-13-10-20(17-24(23)38-28(30)34)25(29-36-2)19-6-4-3-5-7-19/h3-13,17,22H,14-16H2,1-2H3,(H,31,32). The van der Waals surface area contributed by atoms with Gasteiger partial charge in [-0.3, -0.25) is 19.0 Å². The molecule has 1 N–H and O–H groups in total. The number of methoxy groups -OCH3 is 1. The monoisotopic (exact) mass is 534 g/mol. The summed E-state index contributed by atoms with van der Waals surface area (Å²) in [6, 6.07) is 22.2. The normalized spacial score (nSPS) is 12.2. The lowest BCUT2D eigenvalue weighted by Gasteiger charge is -2.11. The average Bonchev–Trinajstić information content (AvgIpc) is 3.25. The van der Waals surface area contributed by atoms with Gasteiger partial charge in [-0.2, -0.15) is 0 Å². The molecule has 196 valence electrons. The van der Waals surface area contributed by atoms with Crippen LogP contribution in [0.1, 0.15) is 16.7 Å². The second-order valence-electron chi connectivity index (χ2n) is 8.30. The van der Waals surface area contributed by atoms with E-state index in [2.05, 4.69) is 9.89 Å². The lowest BCUT2D eigenvalue weighted by atomic mass is 9.99. The molecule has 0 aliphatic carbocycles. The largest absolute Gasteiger partial charge is 0.492 e. The van der Waals surface area contributed by atoms with Crippen LogP contribution in [-0.4, -0.2) is 48.2 Å². The van der Waals surface area contributed by atoms with Crippen molar-refractivity contribution < 1.29 is 29.0 Å². The fourth-order valence-corrected chi connectivity index (χ4v) is 4.97. The fourth-order valence-electron chi connectivity index (χ4n) is 4.01. The highest BCUT2D eigenvalue weighted by molar-refractivity contribution is 7.16. The Kier molecular flexibility index (Phi) is 8.55. The average molecular weight is 535 g/mol. The highest BCUT2D eigenvalue weighted by Crippen LogP contribution is 2.22. The quantitative estimate of drug-likeness (QED) is 0.134. The van der Waals surface area contributed by atoms with Gasteiger partial charge in [0.1, 0.15) is 25.2 Å². The fraction of sp³-hybridized carbons (Fsp3) is 0.214. The van der Waals surface area contributed by atoms with E-state index in [-0.39, 0.29) is 17.9 Å². The molecule has 4 aromatic rings. The van der Waals surface area contributed by atoms with Crippen molar-refractivity contribution in [3.63, 3.8) is 0 Å². The number of hydrogen-bond donors (Lipinski definition) is 1. The van der Waals surface area contributed by atoms with E-state index >= 15 is 0 Å². The molecule has 0 saturated carbocycles. The number of esters is 1. The Morgan fingerprint density at radius 2 is 1.74 bits per heavy atom. The molecular formula is C28H26N2O7S. The van der Waals surface area contributed by atoms with Crippen LogP contribution in [0.5, 0.6) is 5.75 Å². The van der Waals surface area contributed by atoms with E-state index in [0.29, 0.717) is 23.6 Å². The maximum atomic E-state index is 12.7. The first-order chi connectivity index (χ1) is 18.4. The molecule has 3 aromatic carbocycles. The molecule has 0 aliphatic rings. The maximum absolute atomic E-state index is 12.7. The van der Waals surface area contributed by atoms with E-state index in [4.69, 9.17) is 9.57 Å². The third-order valence-corrected chi connectivity index (χ3v) is 6.84. The lowest BCUT2D eigenvalue weighted by Crippen LogP contribution is -2.27. The molecule has 10 heteroatoms. The Morgan fingerprint density at radius 1 is 1.00 bits per heavy atom. The minimum Gasteiger partial charge on any atom is -0.492 e. The number of carboxylic acids is 1. The number of thiazole rings is 1. The second-order valence-corrected chi connectivity index (χ2v) is 9.29. The van der Waals surface area contributed by atoms with E-state index in [1.807, 2.05) is 48.5 Å². The molecule has 0 amide bonds. The number of oxime groups is 1. The molecule has 1 unspecified atom stereocenters. The summed E-state index contributed by atoms with van der Waals surface area (Å²) in [5.41, 5.74) is 3.89. The summed E-state index contributed by atoms with van der Waals surface area (Å²) >= 11 is 1.15. The van der Waals surface area contributed by atoms with Crippen molar-refractivity contribution in [1.29, 1.82) is 0 Å². The Labute approximate surface area is 222 Å². The predicted molar refractivity (Wildman–Crippen MR) is 144 cm³/mol. The molecular weight excluding hydrogens is 508 g/mol. The van der Waals surface area contributed by atoms with Gasteiger partial charge in [-0.25, -0.2) is 0 Å². The van der Waals surface area contributed by atoms with Gasteiger partial charge in [0.05, 0.1) is 23.9 Å². The van der Waals surface area contributed by atoms with Gasteiger partial charge in [0.25, 0.3) is 0 Å².